The molecule has 0 amide bonds. The van der Waals surface area contributed by atoms with Gasteiger partial charge in [0.25, 0.3) is 5.56 Å². The third-order valence-corrected chi connectivity index (χ3v) is 4.99. The SMILES string of the molecule is C[C@@H](c1ccccc1SCc1nnc2c(=O)[nH]ccn12)N(C)C. The van der Waals surface area contributed by atoms with Crippen LogP contribution >= 0.6 is 11.8 Å². The number of H-pyrrole nitrogens is 1. The van der Waals surface area contributed by atoms with Crippen LogP contribution in [0.3, 0.4) is 0 Å². The minimum atomic E-state index is -0.224. The summed E-state index contributed by atoms with van der Waals surface area (Å²) in [5.74, 6) is 1.42. The summed E-state index contributed by atoms with van der Waals surface area (Å²) in [5, 5.41) is 8.11. The van der Waals surface area contributed by atoms with Gasteiger partial charge < -0.3 is 9.88 Å². The molecule has 6 nitrogen and oxygen atoms in total. The van der Waals surface area contributed by atoms with E-state index in [1.807, 2.05) is 6.07 Å². The first-order valence-corrected chi connectivity index (χ1v) is 8.36. The zero-order valence-corrected chi connectivity index (χ0v) is 14.2. The lowest BCUT2D eigenvalue weighted by Crippen LogP contribution is -2.17. The molecule has 120 valence electrons. The zero-order chi connectivity index (χ0) is 16.4. The molecule has 3 aromatic rings. The molecule has 0 aliphatic heterocycles. The molecule has 2 heterocycles. The number of nitrogens with zero attached hydrogens (tertiary/aromatic N) is 4. The number of aromatic nitrogens is 4. The fourth-order valence-electron chi connectivity index (χ4n) is 2.36. The summed E-state index contributed by atoms with van der Waals surface area (Å²) in [4.78, 5) is 17.7. The summed E-state index contributed by atoms with van der Waals surface area (Å²) >= 11 is 1.71. The fraction of sp³-hybridized carbons (Fsp3) is 0.312. The van der Waals surface area contributed by atoms with Crippen LogP contribution in [0, 0.1) is 0 Å². The van der Waals surface area contributed by atoms with Crippen LogP contribution in [-0.4, -0.2) is 38.6 Å². The standard InChI is InChI=1S/C16H19N5OS/c1-11(20(2)3)12-6-4-5-7-13(12)23-10-14-18-19-15-16(22)17-8-9-21(14)15/h4-9,11H,10H2,1-3H3,(H,17,22)/t11-/m0/s1. The molecule has 0 saturated heterocycles. The van der Waals surface area contributed by atoms with Crippen molar-refractivity contribution in [3.8, 4) is 0 Å². The van der Waals surface area contributed by atoms with Crippen LogP contribution in [0.25, 0.3) is 5.65 Å². The molecule has 0 unspecified atom stereocenters. The van der Waals surface area contributed by atoms with Gasteiger partial charge in [0, 0.05) is 23.3 Å². The Bertz CT molecular complexity index is 870. The maximum Gasteiger partial charge on any atom is 0.293 e. The van der Waals surface area contributed by atoms with Gasteiger partial charge in [-0.1, -0.05) is 18.2 Å². The summed E-state index contributed by atoms with van der Waals surface area (Å²) < 4.78 is 1.74. The molecular weight excluding hydrogens is 310 g/mol. The lowest BCUT2D eigenvalue weighted by molar-refractivity contribution is 0.317. The number of thioether (sulfide) groups is 1. The zero-order valence-electron chi connectivity index (χ0n) is 13.4. The molecule has 0 fully saturated rings. The van der Waals surface area contributed by atoms with Crippen LogP contribution in [0.5, 0.6) is 0 Å². The van der Waals surface area contributed by atoms with Crippen LogP contribution in [0.2, 0.25) is 0 Å². The Labute approximate surface area is 138 Å². The van der Waals surface area contributed by atoms with Crippen molar-refractivity contribution in [2.24, 2.45) is 0 Å². The first-order chi connectivity index (χ1) is 11.1. The average Bonchev–Trinajstić information content (AvgIpc) is 2.97. The van der Waals surface area contributed by atoms with E-state index in [2.05, 4.69) is 59.3 Å². The summed E-state index contributed by atoms with van der Waals surface area (Å²) in [6.07, 6.45) is 3.38. The van der Waals surface area contributed by atoms with Crippen molar-refractivity contribution in [2.75, 3.05) is 14.1 Å². The molecule has 0 bridgehead atoms. The predicted octanol–water partition coefficient (Wildman–Crippen LogP) is 2.33. The van der Waals surface area contributed by atoms with Gasteiger partial charge in [0.1, 0.15) is 5.82 Å². The monoisotopic (exact) mass is 329 g/mol. The third-order valence-electron chi connectivity index (χ3n) is 3.91. The maximum atomic E-state index is 11.7. The van der Waals surface area contributed by atoms with Gasteiger partial charge in [0.2, 0.25) is 5.65 Å². The number of fused-ring (bicyclic) bond motifs is 1. The normalized spacial score (nSPS) is 12.9. The highest BCUT2D eigenvalue weighted by atomic mass is 32.2. The average molecular weight is 329 g/mol. The van der Waals surface area contributed by atoms with Gasteiger partial charge in [-0.3, -0.25) is 9.20 Å². The predicted molar refractivity (Wildman–Crippen MR) is 91.7 cm³/mol. The molecular formula is C16H19N5OS. The molecule has 0 spiro atoms. The Balaban J connectivity index is 1.86. The van der Waals surface area contributed by atoms with Crippen LogP contribution in [0.15, 0.2) is 46.3 Å². The molecule has 1 aromatic carbocycles. The van der Waals surface area contributed by atoms with Crippen LogP contribution < -0.4 is 5.56 Å². The van der Waals surface area contributed by atoms with Crippen molar-refractivity contribution >= 4 is 17.4 Å². The summed E-state index contributed by atoms with van der Waals surface area (Å²) in [6, 6.07) is 8.71. The molecule has 0 radical (unpaired) electrons. The second kappa shape index (κ2) is 6.55. The Morgan fingerprint density at radius 2 is 2.09 bits per heavy atom. The van der Waals surface area contributed by atoms with Gasteiger partial charge in [-0.2, -0.15) is 0 Å². The Kier molecular flexibility index (Phi) is 4.49. The number of rotatable bonds is 5. The molecule has 1 atom stereocenters. The first-order valence-electron chi connectivity index (χ1n) is 7.37. The lowest BCUT2D eigenvalue weighted by atomic mass is 10.1. The highest BCUT2D eigenvalue weighted by molar-refractivity contribution is 7.98. The van der Waals surface area contributed by atoms with Crippen molar-refractivity contribution in [1.29, 1.82) is 0 Å². The van der Waals surface area contributed by atoms with Crippen LogP contribution in [-0.2, 0) is 5.75 Å². The largest absolute Gasteiger partial charge is 0.324 e. The number of aromatic amines is 1. The second-order valence-corrected chi connectivity index (χ2v) is 6.58. The van der Waals surface area contributed by atoms with E-state index in [1.165, 1.54) is 10.5 Å². The molecule has 7 heteroatoms. The molecule has 23 heavy (non-hydrogen) atoms. The quantitative estimate of drug-likeness (QED) is 0.728. The highest BCUT2D eigenvalue weighted by Crippen LogP contribution is 2.31. The van der Waals surface area contributed by atoms with Crippen LogP contribution in [0.1, 0.15) is 24.4 Å². The second-order valence-electron chi connectivity index (χ2n) is 5.57. The summed E-state index contributed by atoms with van der Waals surface area (Å²) in [5.41, 5.74) is 1.39. The van der Waals surface area contributed by atoms with Crippen LogP contribution in [0.4, 0.5) is 0 Å². The van der Waals surface area contributed by atoms with Gasteiger partial charge in [0.15, 0.2) is 0 Å². The van der Waals surface area contributed by atoms with Crippen molar-refractivity contribution in [2.45, 2.75) is 23.6 Å². The fourth-order valence-corrected chi connectivity index (χ4v) is 3.42. The smallest absolute Gasteiger partial charge is 0.293 e. The first kappa shape index (κ1) is 15.8. The van der Waals surface area contributed by atoms with E-state index in [-0.39, 0.29) is 5.56 Å². The van der Waals surface area contributed by atoms with Crippen molar-refractivity contribution in [1.82, 2.24) is 24.5 Å². The summed E-state index contributed by atoms with van der Waals surface area (Å²) in [7, 11) is 4.15. The molecule has 3 rings (SSSR count). The Hall–Kier alpha value is -2.12. The lowest BCUT2D eigenvalue weighted by Gasteiger charge is -2.22. The molecule has 2 aromatic heterocycles. The number of benzene rings is 1. The van der Waals surface area contributed by atoms with Gasteiger partial charge in [-0.15, -0.1) is 22.0 Å². The van der Waals surface area contributed by atoms with E-state index in [4.69, 9.17) is 0 Å². The highest BCUT2D eigenvalue weighted by Gasteiger charge is 2.14. The topological polar surface area (TPSA) is 66.3 Å². The molecule has 1 N–H and O–H groups in total. The number of nitrogens with one attached hydrogen (secondary N) is 1. The van der Waals surface area contributed by atoms with Gasteiger partial charge in [-0.25, -0.2) is 0 Å². The molecule has 0 aliphatic carbocycles. The van der Waals surface area contributed by atoms with Crippen molar-refractivity contribution in [3.63, 3.8) is 0 Å². The van der Waals surface area contributed by atoms with Gasteiger partial charge in [-0.05, 0) is 32.6 Å². The third kappa shape index (κ3) is 3.16. The summed E-state index contributed by atoms with van der Waals surface area (Å²) in [6.45, 7) is 2.19. The minimum absolute atomic E-state index is 0.224. The Morgan fingerprint density at radius 3 is 2.87 bits per heavy atom. The van der Waals surface area contributed by atoms with Gasteiger partial charge in [0.05, 0.1) is 5.75 Å². The van der Waals surface area contributed by atoms with E-state index in [1.54, 1.807) is 28.6 Å². The van der Waals surface area contributed by atoms with Crippen molar-refractivity contribution in [3.05, 3.63) is 58.4 Å². The van der Waals surface area contributed by atoms with Crippen molar-refractivity contribution < 1.29 is 0 Å². The van der Waals surface area contributed by atoms with E-state index >= 15 is 0 Å². The maximum absolute atomic E-state index is 11.7. The van der Waals surface area contributed by atoms with Gasteiger partial charge >= 0.3 is 0 Å². The molecule has 0 saturated carbocycles. The van der Waals surface area contributed by atoms with E-state index < -0.39 is 0 Å². The number of hydrogen-bond acceptors (Lipinski definition) is 5. The minimum Gasteiger partial charge on any atom is -0.324 e. The Morgan fingerprint density at radius 1 is 1.30 bits per heavy atom. The van der Waals surface area contributed by atoms with E-state index in [9.17, 15) is 4.79 Å². The number of hydrogen-bond donors (Lipinski definition) is 1. The van der Waals surface area contributed by atoms with E-state index in [0.29, 0.717) is 17.4 Å². The van der Waals surface area contributed by atoms with E-state index in [0.717, 1.165) is 5.82 Å². The molecule has 0 aliphatic rings.